The summed E-state index contributed by atoms with van der Waals surface area (Å²) in [5.74, 6) is -1.06. The molecule has 6 heteroatoms. The Kier molecular flexibility index (Phi) is 4.68. The summed E-state index contributed by atoms with van der Waals surface area (Å²) in [6.07, 6.45) is 2.24. The smallest absolute Gasteiger partial charge is 0.335 e. The van der Waals surface area contributed by atoms with Crippen LogP contribution in [0, 0.1) is 13.8 Å². The van der Waals surface area contributed by atoms with Crippen LogP contribution in [0.1, 0.15) is 34.3 Å². The van der Waals surface area contributed by atoms with Crippen LogP contribution in [0.3, 0.4) is 0 Å². The molecule has 0 spiro atoms. The molecule has 0 radical (unpaired) electrons. The van der Waals surface area contributed by atoms with Crippen molar-refractivity contribution in [2.45, 2.75) is 31.6 Å². The highest BCUT2D eigenvalue weighted by Gasteiger charge is 2.22. The molecule has 1 aromatic rings. The molecule has 1 fully saturated rings. The molecule has 1 aliphatic rings. The quantitative estimate of drug-likeness (QED) is 0.898. The minimum atomic E-state index is -3.46. The van der Waals surface area contributed by atoms with Gasteiger partial charge in [0, 0.05) is 6.54 Å². The van der Waals surface area contributed by atoms with E-state index in [2.05, 4.69) is 4.90 Å². The molecule has 5 nitrogen and oxygen atoms in total. The number of carboxylic acids is 1. The third kappa shape index (κ3) is 3.63. The summed E-state index contributed by atoms with van der Waals surface area (Å²) in [7, 11) is -3.46. The highest BCUT2D eigenvalue weighted by atomic mass is 32.2. The molecule has 0 bridgehead atoms. The number of carboxylic acid groups (broad SMARTS) is 1. The van der Waals surface area contributed by atoms with Crippen molar-refractivity contribution in [1.29, 1.82) is 0 Å². The van der Waals surface area contributed by atoms with Gasteiger partial charge in [-0.25, -0.2) is 13.2 Å². The molecule has 0 saturated carbocycles. The lowest BCUT2D eigenvalue weighted by Gasteiger charge is -2.16. The number of hydrogen-bond donors (Lipinski definition) is 1. The lowest BCUT2D eigenvalue weighted by Crippen LogP contribution is -2.27. The van der Waals surface area contributed by atoms with Crippen molar-refractivity contribution in [3.8, 4) is 0 Å². The largest absolute Gasteiger partial charge is 0.478 e. The van der Waals surface area contributed by atoms with Crippen molar-refractivity contribution in [3.63, 3.8) is 0 Å². The third-order valence-corrected chi connectivity index (χ3v) is 5.79. The van der Waals surface area contributed by atoms with Crippen molar-refractivity contribution in [2.75, 3.05) is 25.4 Å². The predicted octanol–water partition coefficient (Wildman–Crippen LogP) is 1.87. The number of carbonyl (C=O) groups is 1. The number of benzene rings is 1. The molecule has 0 unspecified atom stereocenters. The molecule has 0 amide bonds. The number of hydrogen-bond acceptors (Lipinski definition) is 4. The second-order valence-electron chi connectivity index (χ2n) is 5.61. The van der Waals surface area contributed by atoms with Crippen molar-refractivity contribution < 1.29 is 18.3 Å². The Morgan fingerprint density at radius 1 is 1.19 bits per heavy atom. The van der Waals surface area contributed by atoms with E-state index in [4.69, 9.17) is 5.11 Å². The lowest BCUT2D eigenvalue weighted by atomic mass is 10.1. The van der Waals surface area contributed by atoms with Crippen LogP contribution in [-0.2, 0) is 9.84 Å². The van der Waals surface area contributed by atoms with Crippen molar-refractivity contribution in [3.05, 3.63) is 28.8 Å². The SMILES string of the molecule is Cc1cc(C)c(S(=O)(=O)CCN2CCCC2)cc1C(=O)O. The minimum absolute atomic E-state index is 0.0377. The fourth-order valence-corrected chi connectivity index (χ4v) is 4.33. The zero-order chi connectivity index (χ0) is 15.6. The van der Waals surface area contributed by atoms with E-state index in [1.165, 1.54) is 6.07 Å². The second kappa shape index (κ2) is 6.15. The van der Waals surface area contributed by atoms with Crippen LogP contribution in [0.4, 0.5) is 0 Å². The predicted molar refractivity (Wildman–Crippen MR) is 80.6 cm³/mol. The number of aromatic carboxylic acids is 1. The summed E-state index contributed by atoms with van der Waals surface area (Å²) in [6.45, 7) is 5.79. The monoisotopic (exact) mass is 311 g/mol. The molecule has 2 rings (SSSR count). The lowest BCUT2D eigenvalue weighted by molar-refractivity contribution is 0.0696. The van der Waals surface area contributed by atoms with Gasteiger partial charge in [-0.15, -0.1) is 0 Å². The topological polar surface area (TPSA) is 74.7 Å². The Morgan fingerprint density at radius 3 is 2.38 bits per heavy atom. The van der Waals surface area contributed by atoms with Gasteiger partial charge in [-0.3, -0.25) is 0 Å². The zero-order valence-electron chi connectivity index (χ0n) is 12.4. The van der Waals surface area contributed by atoms with Crippen molar-refractivity contribution >= 4 is 15.8 Å². The summed E-state index contributed by atoms with van der Waals surface area (Å²) < 4.78 is 25.0. The molecule has 0 atom stereocenters. The highest BCUT2D eigenvalue weighted by molar-refractivity contribution is 7.91. The fraction of sp³-hybridized carbons (Fsp3) is 0.533. The molecule has 116 valence electrons. The molecule has 0 aromatic heterocycles. The molecule has 0 aliphatic carbocycles. The fourth-order valence-electron chi connectivity index (χ4n) is 2.76. The average molecular weight is 311 g/mol. The van der Waals surface area contributed by atoms with Gasteiger partial charge in [0.2, 0.25) is 0 Å². The summed E-state index contributed by atoms with van der Waals surface area (Å²) in [5, 5.41) is 9.15. The molecule has 21 heavy (non-hydrogen) atoms. The van der Waals surface area contributed by atoms with E-state index in [1.54, 1.807) is 19.9 Å². The third-order valence-electron chi connectivity index (χ3n) is 3.96. The van der Waals surface area contributed by atoms with E-state index >= 15 is 0 Å². The number of likely N-dealkylation sites (tertiary alicyclic amines) is 1. The summed E-state index contributed by atoms with van der Waals surface area (Å²) in [4.78, 5) is 13.5. The van der Waals surface area contributed by atoms with Crippen molar-refractivity contribution in [2.24, 2.45) is 0 Å². The Hall–Kier alpha value is -1.40. The van der Waals surface area contributed by atoms with E-state index in [0.29, 0.717) is 17.7 Å². The van der Waals surface area contributed by atoms with Crippen LogP contribution in [0.2, 0.25) is 0 Å². The van der Waals surface area contributed by atoms with Crippen LogP contribution in [-0.4, -0.2) is 49.8 Å². The van der Waals surface area contributed by atoms with Crippen LogP contribution >= 0.6 is 0 Å². The van der Waals surface area contributed by atoms with Crippen LogP contribution in [0.5, 0.6) is 0 Å². The average Bonchev–Trinajstić information content (AvgIpc) is 2.88. The Bertz CT molecular complexity index is 646. The van der Waals surface area contributed by atoms with Gasteiger partial charge >= 0.3 is 5.97 Å². The van der Waals surface area contributed by atoms with E-state index in [1.807, 2.05) is 0 Å². The van der Waals surface area contributed by atoms with Gasteiger partial charge in [0.05, 0.1) is 16.2 Å². The maximum absolute atomic E-state index is 12.5. The molecular weight excluding hydrogens is 290 g/mol. The van der Waals surface area contributed by atoms with Gasteiger partial charge in [-0.2, -0.15) is 0 Å². The van der Waals surface area contributed by atoms with Gasteiger partial charge in [0.15, 0.2) is 9.84 Å². The Labute approximate surface area is 125 Å². The van der Waals surface area contributed by atoms with Crippen LogP contribution in [0.15, 0.2) is 17.0 Å². The standard InChI is InChI=1S/C15H21NO4S/c1-11-9-12(2)14(10-13(11)15(17)18)21(19,20)8-7-16-5-3-4-6-16/h9-10H,3-8H2,1-2H3,(H,17,18). The molecule has 1 N–H and O–H groups in total. The van der Waals surface area contributed by atoms with Gasteiger partial charge in [0.25, 0.3) is 0 Å². The van der Waals surface area contributed by atoms with E-state index in [0.717, 1.165) is 25.9 Å². The Morgan fingerprint density at radius 2 is 1.81 bits per heavy atom. The minimum Gasteiger partial charge on any atom is -0.478 e. The first-order chi connectivity index (χ1) is 9.81. The molecule has 1 aromatic carbocycles. The molecule has 1 saturated heterocycles. The van der Waals surface area contributed by atoms with Crippen LogP contribution < -0.4 is 0 Å². The number of rotatable bonds is 5. The zero-order valence-corrected chi connectivity index (χ0v) is 13.2. The number of nitrogens with zero attached hydrogens (tertiary/aromatic N) is 1. The van der Waals surface area contributed by atoms with Gasteiger partial charge < -0.3 is 10.0 Å². The number of sulfone groups is 1. The first-order valence-corrected chi connectivity index (χ1v) is 8.76. The summed E-state index contributed by atoms with van der Waals surface area (Å²) in [6, 6.07) is 2.93. The normalized spacial score (nSPS) is 16.3. The van der Waals surface area contributed by atoms with Gasteiger partial charge in [-0.05, 0) is 57.0 Å². The van der Waals surface area contributed by atoms with Gasteiger partial charge in [0.1, 0.15) is 0 Å². The van der Waals surface area contributed by atoms with E-state index in [-0.39, 0.29) is 16.2 Å². The maximum atomic E-state index is 12.5. The maximum Gasteiger partial charge on any atom is 0.335 e. The molecular formula is C15H21NO4S. The first-order valence-electron chi connectivity index (χ1n) is 7.11. The van der Waals surface area contributed by atoms with E-state index in [9.17, 15) is 13.2 Å². The van der Waals surface area contributed by atoms with Crippen molar-refractivity contribution in [1.82, 2.24) is 4.90 Å². The first kappa shape index (κ1) is 16.0. The summed E-state index contributed by atoms with van der Waals surface area (Å²) in [5.41, 5.74) is 1.25. The van der Waals surface area contributed by atoms with E-state index < -0.39 is 15.8 Å². The van der Waals surface area contributed by atoms with Gasteiger partial charge in [-0.1, -0.05) is 6.07 Å². The second-order valence-corrected chi connectivity index (χ2v) is 7.68. The Balaban J connectivity index is 2.26. The summed E-state index contributed by atoms with van der Waals surface area (Å²) >= 11 is 0. The van der Waals surface area contributed by atoms with Crippen LogP contribution in [0.25, 0.3) is 0 Å². The molecule has 1 aliphatic heterocycles. The highest BCUT2D eigenvalue weighted by Crippen LogP contribution is 2.22. The number of aryl methyl sites for hydroxylation is 2. The molecule has 1 heterocycles.